The first-order valence-electron chi connectivity index (χ1n) is 17.1. The largest absolute Gasteiger partial charge is 0.493 e. The number of fused-ring (bicyclic) bond motifs is 2. The van der Waals surface area contributed by atoms with Crippen LogP contribution in [-0.2, 0) is 0 Å². The fourth-order valence-electron chi connectivity index (χ4n) is 4.80. The average molecular weight is 723 g/mol. The Kier molecular flexibility index (Phi) is 15.6. The number of rotatable bonds is 15. The molecule has 0 saturated heterocycles. The number of carbonyl (C=O) groups excluding carboxylic acids is 2. The van der Waals surface area contributed by atoms with Gasteiger partial charge in [-0.3, -0.25) is 30.2 Å². The van der Waals surface area contributed by atoms with Crippen LogP contribution in [0.25, 0.3) is 21.8 Å². The number of hydrogen-bond donors (Lipinski definition) is 7. The molecule has 2 heterocycles. The summed E-state index contributed by atoms with van der Waals surface area (Å²) in [5, 5.41) is 6.61. The van der Waals surface area contributed by atoms with E-state index in [2.05, 4.69) is 35.5 Å². The number of guanidine groups is 2. The number of H-pyrrole nitrogens is 2. The molecule has 2 aromatic carbocycles. The van der Waals surface area contributed by atoms with Crippen LogP contribution < -0.4 is 46.8 Å². The maximum absolute atomic E-state index is 12.3. The van der Waals surface area contributed by atoms with Crippen molar-refractivity contribution in [3.8, 4) is 23.0 Å². The molecule has 0 unspecified atom stereocenters. The molecule has 0 aliphatic rings. The van der Waals surface area contributed by atoms with E-state index in [0.717, 1.165) is 41.2 Å². The van der Waals surface area contributed by atoms with Crippen molar-refractivity contribution in [2.75, 3.05) is 54.5 Å². The molecule has 0 bridgehead atoms. The zero-order valence-electron chi connectivity index (χ0n) is 31.4. The number of aliphatic imine (C=N–C) groups is 2. The number of nitrogens with two attached hydrogens (primary N) is 3. The highest BCUT2D eigenvalue weighted by molar-refractivity contribution is 6.08. The molecule has 0 fully saturated rings. The van der Waals surface area contributed by atoms with Gasteiger partial charge in [0, 0.05) is 55.7 Å². The Bertz CT molecular complexity index is 1840. The van der Waals surface area contributed by atoms with Gasteiger partial charge in [-0.05, 0) is 73.3 Å². The molecule has 4 aromatic rings. The van der Waals surface area contributed by atoms with E-state index in [0.29, 0.717) is 54.1 Å². The van der Waals surface area contributed by atoms with Gasteiger partial charge in [-0.25, -0.2) is 0 Å². The van der Waals surface area contributed by atoms with Crippen LogP contribution in [-0.4, -0.2) is 105 Å². The van der Waals surface area contributed by atoms with Crippen molar-refractivity contribution in [2.45, 2.75) is 52.7 Å². The third-order valence-electron chi connectivity index (χ3n) is 7.16. The molecule has 0 aliphatic heterocycles. The summed E-state index contributed by atoms with van der Waals surface area (Å²) in [5.41, 5.74) is 18.8. The predicted molar refractivity (Wildman–Crippen MR) is 206 cm³/mol. The van der Waals surface area contributed by atoms with Crippen LogP contribution in [0.1, 0.15) is 61.5 Å². The quantitative estimate of drug-likeness (QED) is 0.0537. The van der Waals surface area contributed by atoms with Gasteiger partial charge in [0.2, 0.25) is 0 Å². The first-order chi connectivity index (χ1) is 24.7. The second-order valence-electron chi connectivity index (χ2n) is 12.6. The average Bonchev–Trinajstić information content (AvgIpc) is 3.72. The summed E-state index contributed by atoms with van der Waals surface area (Å²) in [7, 11) is 7.07. The third kappa shape index (κ3) is 12.4. The fraction of sp³-hybridized carbons (Fsp3) is 0.444. The van der Waals surface area contributed by atoms with Gasteiger partial charge in [-0.2, -0.15) is 0 Å². The smallest absolute Gasteiger partial charge is 0.274 e. The SMILES string of the molecule is CN=C(N)NC(=O)c1cc2c(OC(C)C)cc(OCCCN(C)C)cc2[nH]1.CN=C(N)NC(=O)c1cc2c(OC(C)C)cc(OCCCN)cc2[nH]1. The van der Waals surface area contributed by atoms with E-state index in [1.165, 1.54) is 14.1 Å². The number of amides is 2. The van der Waals surface area contributed by atoms with Crippen molar-refractivity contribution in [1.29, 1.82) is 0 Å². The standard InChI is InChI=1S/C19H29N5O3.C17H25N5O3/c1-12(2)27-17-10-13(26-8-6-7-24(4)5)9-15-14(17)11-16(22-15)18(25)23-19(20)21-3;1-10(2)25-15-8-11(24-6-4-5-18)7-13-12(15)9-14(21-13)16(23)22-17(19)20-3/h9-12,22H,6-8H2,1-5H3,(H3,20,21,23,25);7-10,21H,4-6,18H2,1-3H3,(H3,19,20,22,23). The van der Waals surface area contributed by atoms with Crippen LogP contribution >= 0.6 is 0 Å². The van der Waals surface area contributed by atoms with Gasteiger partial charge in [0.05, 0.1) is 36.5 Å². The summed E-state index contributed by atoms with van der Waals surface area (Å²) >= 11 is 0. The van der Waals surface area contributed by atoms with Crippen LogP contribution in [0.4, 0.5) is 0 Å². The van der Waals surface area contributed by atoms with Crippen LogP contribution in [0.2, 0.25) is 0 Å². The Morgan fingerprint density at radius 3 is 1.52 bits per heavy atom. The number of aromatic amines is 2. The monoisotopic (exact) mass is 722 g/mol. The van der Waals surface area contributed by atoms with Crippen molar-refractivity contribution in [2.24, 2.45) is 27.2 Å². The first kappa shape index (κ1) is 40.9. The van der Waals surface area contributed by atoms with Crippen molar-refractivity contribution < 1.29 is 28.5 Å². The molecular weight excluding hydrogens is 668 g/mol. The molecule has 0 atom stereocenters. The maximum Gasteiger partial charge on any atom is 0.274 e. The van der Waals surface area contributed by atoms with Crippen LogP contribution in [0.3, 0.4) is 0 Å². The summed E-state index contributed by atoms with van der Waals surface area (Å²) in [6.45, 7) is 10.4. The lowest BCUT2D eigenvalue weighted by Crippen LogP contribution is -2.36. The van der Waals surface area contributed by atoms with Crippen LogP contribution in [0.5, 0.6) is 23.0 Å². The zero-order chi connectivity index (χ0) is 38.4. The number of carbonyl (C=O) groups is 2. The van der Waals surface area contributed by atoms with Crippen LogP contribution in [0, 0.1) is 0 Å². The van der Waals surface area contributed by atoms with E-state index in [9.17, 15) is 9.59 Å². The predicted octanol–water partition coefficient (Wildman–Crippen LogP) is 3.32. The summed E-state index contributed by atoms with van der Waals surface area (Å²) in [4.78, 5) is 40.2. The highest BCUT2D eigenvalue weighted by atomic mass is 16.5. The highest BCUT2D eigenvalue weighted by Crippen LogP contribution is 2.34. The summed E-state index contributed by atoms with van der Waals surface area (Å²) in [6, 6.07) is 10.8. The Morgan fingerprint density at radius 2 is 1.15 bits per heavy atom. The van der Waals surface area contributed by atoms with E-state index in [1.807, 2.05) is 66.1 Å². The Balaban J connectivity index is 0.000000281. The number of ether oxygens (including phenoxy) is 4. The Hall–Kier alpha value is -5.48. The minimum absolute atomic E-state index is 0.00719. The lowest BCUT2D eigenvalue weighted by molar-refractivity contribution is 0.0964. The minimum atomic E-state index is -0.375. The van der Waals surface area contributed by atoms with Crippen LogP contribution in [0.15, 0.2) is 46.4 Å². The van der Waals surface area contributed by atoms with Crippen molar-refractivity contribution in [3.63, 3.8) is 0 Å². The molecule has 10 N–H and O–H groups in total. The second-order valence-corrected chi connectivity index (χ2v) is 12.6. The second kappa shape index (κ2) is 19.8. The Morgan fingerprint density at radius 1 is 0.731 bits per heavy atom. The fourth-order valence-corrected chi connectivity index (χ4v) is 4.80. The normalized spacial score (nSPS) is 11.9. The molecule has 16 nitrogen and oxygen atoms in total. The number of aromatic nitrogens is 2. The van der Waals surface area contributed by atoms with Crippen molar-refractivity contribution in [1.82, 2.24) is 25.5 Å². The van der Waals surface area contributed by atoms with Gasteiger partial charge < -0.3 is 51.0 Å². The lowest BCUT2D eigenvalue weighted by atomic mass is 10.2. The highest BCUT2D eigenvalue weighted by Gasteiger charge is 2.17. The molecule has 2 amide bonds. The summed E-state index contributed by atoms with van der Waals surface area (Å²) in [6.07, 6.45) is 1.65. The molecule has 4 rings (SSSR count). The van der Waals surface area contributed by atoms with E-state index in [4.69, 9.17) is 36.1 Å². The maximum atomic E-state index is 12.3. The molecule has 52 heavy (non-hydrogen) atoms. The number of nitrogens with one attached hydrogen (secondary N) is 4. The summed E-state index contributed by atoms with van der Waals surface area (Å²) in [5.74, 6) is 2.02. The molecule has 284 valence electrons. The molecule has 0 spiro atoms. The Labute approximate surface area is 304 Å². The molecule has 0 saturated carbocycles. The van der Waals surface area contributed by atoms with Gasteiger partial charge >= 0.3 is 0 Å². The summed E-state index contributed by atoms with van der Waals surface area (Å²) < 4.78 is 23.4. The molecular formula is C36H54N10O6. The van der Waals surface area contributed by atoms with Gasteiger partial charge in [0.1, 0.15) is 34.4 Å². The topological polar surface area (TPSA) is 233 Å². The van der Waals surface area contributed by atoms with E-state index in [-0.39, 0.29) is 35.9 Å². The lowest BCUT2D eigenvalue weighted by Gasteiger charge is -2.14. The number of nitrogens with zero attached hydrogens (tertiary/aromatic N) is 3. The van der Waals surface area contributed by atoms with E-state index in [1.54, 1.807) is 12.1 Å². The van der Waals surface area contributed by atoms with Gasteiger partial charge in [0.15, 0.2) is 11.9 Å². The molecule has 2 aromatic heterocycles. The van der Waals surface area contributed by atoms with Crippen molar-refractivity contribution in [3.05, 3.63) is 47.8 Å². The van der Waals surface area contributed by atoms with E-state index >= 15 is 0 Å². The first-order valence-corrected chi connectivity index (χ1v) is 17.1. The third-order valence-corrected chi connectivity index (χ3v) is 7.16. The van der Waals surface area contributed by atoms with Gasteiger partial charge in [-0.15, -0.1) is 0 Å². The van der Waals surface area contributed by atoms with Crippen molar-refractivity contribution >= 4 is 45.5 Å². The molecule has 0 aliphatic carbocycles. The molecule has 16 heteroatoms. The van der Waals surface area contributed by atoms with Gasteiger partial charge in [0.25, 0.3) is 11.8 Å². The number of benzene rings is 2. The van der Waals surface area contributed by atoms with Gasteiger partial charge in [-0.1, -0.05) is 0 Å². The zero-order valence-corrected chi connectivity index (χ0v) is 31.4. The number of hydrogen-bond acceptors (Lipinski definition) is 10. The minimum Gasteiger partial charge on any atom is -0.493 e. The van der Waals surface area contributed by atoms with E-state index < -0.39 is 0 Å². The molecule has 0 radical (unpaired) electrons.